The van der Waals surface area contributed by atoms with Crippen molar-refractivity contribution in [1.82, 2.24) is 24.5 Å². The Morgan fingerprint density at radius 3 is 2.54 bits per heavy atom. The van der Waals surface area contributed by atoms with E-state index in [-0.39, 0.29) is 45.1 Å². The van der Waals surface area contributed by atoms with Crippen molar-refractivity contribution in [3.05, 3.63) is 72.2 Å². The summed E-state index contributed by atoms with van der Waals surface area (Å²) in [6.45, 7) is 1.77. The molecule has 4 N–H and O–H groups in total. The van der Waals surface area contributed by atoms with E-state index >= 15 is 0 Å². The average Bonchev–Trinajstić information content (AvgIpc) is 3.22. The first-order chi connectivity index (χ1) is 17.7. The topological polar surface area (TPSA) is 155 Å². The van der Waals surface area contributed by atoms with Crippen LogP contribution in [0.1, 0.15) is 30.9 Å². The van der Waals surface area contributed by atoms with Gasteiger partial charge in [0.25, 0.3) is 0 Å². The standard InChI is InChI=1S/C23H18F4N10/c1-2-16(15(36-30)10-31-14-6-4-3-5-13(14)24)37-17(7-28)18(19-20(29)34-11-35-21(19)37)12-8-32-22(33-9-12)23(25,26)27/h3-6,8-11,16,30-31H,2H2,1H3,(H2,29,34,35)/b15-10-,36-30?. The van der Waals surface area contributed by atoms with Gasteiger partial charge in [-0.15, -0.1) is 0 Å². The number of fused-ring (bicyclic) bond motifs is 1. The van der Waals surface area contributed by atoms with Crippen molar-refractivity contribution < 1.29 is 17.6 Å². The average molecular weight is 510 g/mol. The van der Waals surface area contributed by atoms with Gasteiger partial charge in [0.1, 0.15) is 41.1 Å². The zero-order valence-corrected chi connectivity index (χ0v) is 19.1. The molecule has 10 nitrogen and oxygen atoms in total. The highest BCUT2D eigenvalue weighted by Gasteiger charge is 2.35. The Balaban J connectivity index is 1.92. The molecule has 3 heterocycles. The summed E-state index contributed by atoms with van der Waals surface area (Å²) in [5.74, 6) is -1.89. The van der Waals surface area contributed by atoms with Crippen molar-refractivity contribution in [3.8, 4) is 17.2 Å². The van der Waals surface area contributed by atoms with Crippen molar-refractivity contribution in [3.63, 3.8) is 0 Å². The highest BCUT2D eigenvalue weighted by molar-refractivity contribution is 6.03. The van der Waals surface area contributed by atoms with Gasteiger partial charge in [-0.2, -0.15) is 23.5 Å². The highest BCUT2D eigenvalue weighted by atomic mass is 19.4. The molecule has 14 heteroatoms. The predicted molar refractivity (Wildman–Crippen MR) is 125 cm³/mol. The van der Waals surface area contributed by atoms with Crippen LogP contribution in [0, 0.1) is 22.7 Å². The lowest BCUT2D eigenvalue weighted by Crippen LogP contribution is -2.14. The number of halogens is 4. The van der Waals surface area contributed by atoms with Crippen LogP contribution in [0.25, 0.3) is 22.2 Å². The number of para-hydroxylation sites is 1. The normalized spacial score (nSPS) is 12.8. The molecule has 4 rings (SSSR count). The van der Waals surface area contributed by atoms with E-state index in [4.69, 9.17) is 11.3 Å². The molecule has 4 aromatic rings. The Labute approximate surface area is 207 Å². The molecule has 3 aromatic heterocycles. The number of benzene rings is 1. The minimum atomic E-state index is -4.75. The van der Waals surface area contributed by atoms with Gasteiger partial charge in [0.05, 0.1) is 17.1 Å². The van der Waals surface area contributed by atoms with Gasteiger partial charge in [-0.05, 0) is 18.6 Å². The maximum atomic E-state index is 14.1. The zero-order chi connectivity index (χ0) is 26.7. The van der Waals surface area contributed by atoms with Gasteiger partial charge < -0.3 is 15.6 Å². The summed E-state index contributed by atoms with van der Waals surface area (Å²) < 4.78 is 54.6. The summed E-state index contributed by atoms with van der Waals surface area (Å²) in [5.41, 5.74) is 14.5. The summed E-state index contributed by atoms with van der Waals surface area (Å²) in [6.07, 6.45) is -0.0615. The molecule has 0 fully saturated rings. The summed E-state index contributed by atoms with van der Waals surface area (Å²) in [5, 5.41) is 16.7. The van der Waals surface area contributed by atoms with Crippen molar-refractivity contribution in [2.75, 3.05) is 11.1 Å². The molecular weight excluding hydrogens is 492 g/mol. The van der Waals surface area contributed by atoms with Crippen LogP contribution in [-0.2, 0) is 6.18 Å². The fraction of sp³-hybridized carbons (Fsp3) is 0.174. The zero-order valence-electron chi connectivity index (χ0n) is 19.1. The van der Waals surface area contributed by atoms with Crippen LogP contribution in [0.3, 0.4) is 0 Å². The Hall–Kier alpha value is -4.93. The number of anilines is 2. The predicted octanol–water partition coefficient (Wildman–Crippen LogP) is 5.44. The third-order valence-electron chi connectivity index (χ3n) is 5.53. The number of aromatic nitrogens is 5. The Morgan fingerprint density at radius 1 is 1.24 bits per heavy atom. The van der Waals surface area contributed by atoms with Gasteiger partial charge in [0.15, 0.2) is 0 Å². The number of nitriles is 1. The Morgan fingerprint density at radius 2 is 1.95 bits per heavy atom. The second kappa shape index (κ2) is 9.97. The molecular formula is C23H18F4N10. The summed E-state index contributed by atoms with van der Waals surface area (Å²) in [7, 11) is 0. The first-order valence-electron chi connectivity index (χ1n) is 10.7. The van der Waals surface area contributed by atoms with E-state index in [0.717, 1.165) is 12.4 Å². The van der Waals surface area contributed by atoms with Crippen LogP contribution in [0.2, 0.25) is 0 Å². The summed E-state index contributed by atoms with van der Waals surface area (Å²) >= 11 is 0. The van der Waals surface area contributed by atoms with E-state index < -0.39 is 23.9 Å². The molecule has 188 valence electrons. The number of nitrogens with zero attached hydrogens (tertiary/aromatic N) is 7. The van der Waals surface area contributed by atoms with E-state index in [1.54, 1.807) is 13.0 Å². The molecule has 1 unspecified atom stereocenters. The smallest absolute Gasteiger partial charge is 0.383 e. The largest absolute Gasteiger partial charge is 0.451 e. The molecule has 0 spiro atoms. The van der Waals surface area contributed by atoms with Crippen LogP contribution < -0.4 is 11.1 Å². The third-order valence-corrected chi connectivity index (χ3v) is 5.53. The maximum absolute atomic E-state index is 14.1. The SMILES string of the molecule is CCC(/C(=C/Nc1ccccc1F)N=N)n1c(C#N)c(-c2cnc(C(F)(F)F)nc2)c2c(N)ncnc21. The third kappa shape index (κ3) is 4.66. The van der Waals surface area contributed by atoms with Crippen molar-refractivity contribution in [1.29, 1.82) is 10.8 Å². The van der Waals surface area contributed by atoms with Crippen LogP contribution in [0.5, 0.6) is 0 Å². The number of rotatable bonds is 7. The van der Waals surface area contributed by atoms with Gasteiger partial charge in [-0.1, -0.05) is 19.1 Å². The monoisotopic (exact) mass is 510 g/mol. The second-order valence-electron chi connectivity index (χ2n) is 7.69. The van der Waals surface area contributed by atoms with E-state index in [1.165, 1.54) is 35.3 Å². The van der Waals surface area contributed by atoms with Gasteiger partial charge in [-0.25, -0.2) is 29.9 Å². The fourth-order valence-electron chi connectivity index (χ4n) is 3.91. The van der Waals surface area contributed by atoms with Crippen molar-refractivity contribution in [2.45, 2.75) is 25.6 Å². The first kappa shape index (κ1) is 25.2. The van der Waals surface area contributed by atoms with Gasteiger partial charge in [0, 0.05) is 29.7 Å². The van der Waals surface area contributed by atoms with E-state index in [2.05, 4.69) is 36.4 Å². The minimum absolute atomic E-state index is 0.0252. The number of nitrogens with two attached hydrogens (primary N) is 1. The van der Waals surface area contributed by atoms with Gasteiger partial charge in [0.2, 0.25) is 5.82 Å². The highest BCUT2D eigenvalue weighted by Crippen LogP contribution is 2.40. The van der Waals surface area contributed by atoms with Crippen LogP contribution in [-0.4, -0.2) is 24.5 Å². The van der Waals surface area contributed by atoms with E-state index in [0.29, 0.717) is 6.42 Å². The lowest BCUT2D eigenvalue weighted by Gasteiger charge is -2.19. The molecule has 0 radical (unpaired) electrons. The number of nitrogen functional groups attached to an aromatic ring is 1. The molecule has 1 atom stereocenters. The molecule has 0 aliphatic heterocycles. The molecule has 0 bridgehead atoms. The molecule has 0 saturated carbocycles. The molecule has 0 aliphatic rings. The number of alkyl halides is 3. The Bertz CT molecular complexity index is 1530. The number of nitrogens with one attached hydrogen (secondary N) is 2. The number of allylic oxidation sites excluding steroid dienone is 1. The van der Waals surface area contributed by atoms with Crippen LogP contribution >= 0.6 is 0 Å². The quantitative estimate of drug-likeness (QED) is 0.221. The minimum Gasteiger partial charge on any atom is -0.383 e. The fourth-order valence-corrected chi connectivity index (χ4v) is 3.91. The number of hydrogen-bond donors (Lipinski definition) is 3. The molecule has 0 saturated heterocycles. The lowest BCUT2D eigenvalue weighted by molar-refractivity contribution is -0.144. The lowest BCUT2D eigenvalue weighted by atomic mass is 10.1. The molecule has 1 aromatic carbocycles. The summed E-state index contributed by atoms with van der Waals surface area (Å²) in [6, 6.07) is 7.19. The second-order valence-corrected chi connectivity index (χ2v) is 7.69. The van der Waals surface area contributed by atoms with Gasteiger partial charge >= 0.3 is 6.18 Å². The summed E-state index contributed by atoms with van der Waals surface area (Å²) in [4.78, 5) is 15.0. The number of hydrogen-bond acceptors (Lipinski definition) is 9. The first-order valence-corrected chi connectivity index (χ1v) is 10.7. The Kier molecular flexibility index (Phi) is 6.79. The molecule has 37 heavy (non-hydrogen) atoms. The van der Waals surface area contributed by atoms with E-state index in [1.807, 2.05) is 0 Å². The maximum Gasteiger partial charge on any atom is 0.451 e. The molecule has 0 aliphatic carbocycles. The van der Waals surface area contributed by atoms with Crippen LogP contribution in [0.15, 0.2) is 60.0 Å². The van der Waals surface area contributed by atoms with E-state index in [9.17, 15) is 22.8 Å². The van der Waals surface area contributed by atoms with Crippen LogP contribution in [0.4, 0.5) is 29.1 Å². The molecule has 0 amide bonds. The van der Waals surface area contributed by atoms with Crippen molar-refractivity contribution in [2.24, 2.45) is 5.11 Å². The van der Waals surface area contributed by atoms with Crippen molar-refractivity contribution >= 4 is 22.5 Å². The van der Waals surface area contributed by atoms with Gasteiger partial charge in [-0.3, -0.25) is 0 Å².